The molecule has 1 rings (SSSR count). The van der Waals surface area contributed by atoms with Crippen LogP contribution in [0, 0.1) is 5.92 Å². The molecule has 0 saturated heterocycles. The van der Waals surface area contributed by atoms with E-state index in [1.165, 1.54) is 0 Å². The Hall–Kier alpha value is -1.39. The van der Waals surface area contributed by atoms with Gasteiger partial charge in [0.2, 0.25) is 5.89 Å². The van der Waals surface area contributed by atoms with E-state index in [0.717, 1.165) is 0 Å². The van der Waals surface area contributed by atoms with Crippen molar-refractivity contribution in [1.29, 1.82) is 0 Å². The number of hydrogen-bond donors (Lipinski definition) is 0. The van der Waals surface area contributed by atoms with Crippen molar-refractivity contribution in [2.75, 3.05) is 6.61 Å². The third-order valence-corrected chi connectivity index (χ3v) is 2.27. The molecule has 90 valence electrons. The number of carbonyl (C=O) groups excluding carboxylic acids is 1. The normalized spacial score (nSPS) is 12.8. The van der Waals surface area contributed by atoms with Crippen molar-refractivity contribution in [1.82, 2.24) is 10.1 Å². The number of hydrogen-bond acceptors (Lipinski definition) is 5. The van der Waals surface area contributed by atoms with Gasteiger partial charge in [0.1, 0.15) is 5.92 Å². The smallest absolute Gasteiger partial charge is 0.318 e. The Bertz CT molecular complexity index is 347. The second-order valence-electron chi connectivity index (χ2n) is 3.88. The van der Waals surface area contributed by atoms with Gasteiger partial charge in [0.05, 0.1) is 6.61 Å². The predicted molar refractivity (Wildman–Crippen MR) is 57.9 cm³/mol. The zero-order chi connectivity index (χ0) is 12.1. The van der Waals surface area contributed by atoms with Gasteiger partial charge in [0.25, 0.3) is 0 Å². The Labute approximate surface area is 95.2 Å². The Morgan fingerprint density at radius 1 is 1.44 bits per heavy atom. The van der Waals surface area contributed by atoms with Crippen molar-refractivity contribution < 1.29 is 14.1 Å². The van der Waals surface area contributed by atoms with Crippen LogP contribution in [0.5, 0.6) is 0 Å². The minimum absolute atomic E-state index is 0.0733. The number of aryl methyl sites for hydroxylation is 1. The molecule has 16 heavy (non-hydrogen) atoms. The maximum Gasteiger partial charge on any atom is 0.318 e. The van der Waals surface area contributed by atoms with Crippen LogP contribution in [0.1, 0.15) is 45.3 Å². The van der Waals surface area contributed by atoms with Gasteiger partial charge in [-0.15, -0.1) is 0 Å². The molecule has 1 aromatic rings. The molecule has 1 aromatic heterocycles. The average Bonchev–Trinajstić information content (AvgIpc) is 2.66. The molecule has 5 heteroatoms. The second kappa shape index (κ2) is 5.63. The minimum Gasteiger partial charge on any atom is -0.465 e. The monoisotopic (exact) mass is 226 g/mol. The molecule has 0 N–H and O–H groups in total. The van der Waals surface area contributed by atoms with Gasteiger partial charge in [-0.2, -0.15) is 4.98 Å². The lowest BCUT2D eigenvalue weighted by Crippen LogP contribution is -2.21. The first kappa shape index (κ1) is 12.7. The number of rotatable bonds is 5. The summed E-state index contributed by atoms with van der Waals surface area (Å²) in [6, 6.07) is 0. The van der Waals surface area contributed by atoms with E-state index < -0.39 is 5.92 Å². The molecule has 0 aliphatic carbocycles. The largest absolute Gasteiger partial charge is 0.465 e. The van der Waals surface area contributed by atoms with Gasteiger partial charge in [-0.05, 0) is 12.8 Å². The van der Waals surface area contributed by atoms with Gasteiger partial charge in [-0.3, -0.25) is 4.79 Å². The van der Waals surface area contributed by atoms with Crippen LogP contribution in [0.3, 0.4) is 0 Å². The second-order valence-corrected chi connectivity index (χ2v) is 3.88. The van der Waals surface area contributed by atoms with Crippen LogP contribution in [-0.2, 0) is 16.0 Å². The Kier molecular flexibility index (Phi) is 4.46. The molecule has 0 bridgehead atoms. The number of nitrogens with zero attached hydrogens (tertiary/aromatic N) is 2. The summed E-state index contributed by atoms with van der Waals surface area (Å²) in [6.07, 6.45) is 0.692. The molecule has 0 saturated carbocycles. The van der Waals surface area contributed by atoms with E-state index in [1.807, 2.05) is 20.8 Å². The zero-order valence-corrected chi connectivity index (χ0v) is 10.2. The standard InChI is InChI=1S/C11H18N2O3/c1-5-8-12-10(16-13-8)9(7(3)4)11(14)15-6-2/h7,9H,5-6H2,1-4H3. The molecule has 5 nitrogen and oxygen atoms in total. The molecule has 0 fully saturated rings. The first-order valence-electron chi connectivity index (χ1n) is 5.59. The highest BCUT2D eigenvalue weighted by Crippen LogP contribution is 2.24. The Balaban J connectivity index is 2.89. The predicted octanol–water partition coefficient (Wildman–Crippen LogP) is 1.93. The van der Waals surface area contributed by atoms with Crippen LogP contribution >= 0.6 is 0 Å². The van der Waals surface area contributed by atoms with Crippen LogP contribution in [0.25, 0.3) is 0 Å². The molecule has 0 radical (unpaired) electrons. The highest BCUT2D eigenvalue weighted by Gasteiger charge is 2.30. The molecule has 0 aromatic carbocycles. The van der Waals surface area contributed by atoms with Crippen molar-refractivity contribution in [2.24, 2.45) is 5.92 Å². The number of esters is 1. The first-order valence-corrected chi connectivity index (χ1v) is 5.59. The van der Waals surface area contributed by atoms with E-state index >= 15 is 0 Å². The summed E-state index contributed by atoms with van der Waals surface area (Å²) < 4.78 is 10.1. The van der Waals surface area contributed by atoms with Crippen LogP contribution in [-0.4, -0.2) is 22.7 Å². The van der Waals surface area contributed by atoms with Crippen LogP contribution in [0.15, 0.2) is 4.52 Å². The van der Waals surface area contributed by atoms with Crippen molar-refractivity contribution in [3.05, 3.63) is 11.7 Å². The minimum atomic E-state index is -0.465. The Morgan fingerprint density at radius 2 is 2.12 bits per heavy atom. The van der Waals surface area contributed by atoms with Crippen LogP contribution in [0.2, 0.25) is 0 Å². The summed E-state index contributed by atoms with van der Waals surface area (Å²) in [4.78, 5) is 15.9. The molecule has 0 aliphatic rings. The average molecular weight is 226 g/mol. The van der Waals surface area contributed by atoms with E-state index in [9.17, 15) is 4.79 Å². The third kappa shape index (κ3) is 2.81. The van der Waals surface area contributed by atoms with E-state index in [1.54, 1.807) is 6.92 Å². The fourth-order valence-corrected chi connectivity index (χ4v) is 1.43. The van der Waals surface area contributed by atoms with E-state index in [2.05, 4.69) is 10.1 Å². The van der Waals surface area contributed by atoms with Crippen LogP contribution < -0.4 is 0 Å². The number of ether oxygens (including phenoxy) is 1. The first-order chi connectivity index (χ1) is 7.60. The van der Waals surface area contributed by atoms with Gasteiger partial charge in [-0.25, -0.2) is 0 Å². The fraction of sp³-hybridized carbons (Fsp3) is 0.727. The molecule has 0 aliphatic heterocycles. The van der Waals surface area contributed by atoms with Crippen molar-refractivity contribution in [3.8, 4) is 0 Å². The molecule has 1 heterocycles. The maximum absolute atomic E-state index is 11.7. The highest BCUT2D eigenvalue weighted by molar-refractivity contribution is 5.77. The summed E-state index contributed by atoms with van der Waals surface area (Å²) in [5.41, 5.74) is 0. The number of aromatic nitrogens is 2. The maximum atomic E-state index is 11.7. The van der Waals surface area contributed by atoms with Gasteiger partial charge < -0.3 is 9.26 Å². The molecule has 1 atom stereocenters. The van der Waals surface area contributed by atoms with Crippen molar-refractivity contribution in [3.63, 3.8) is 0 Å². The number of carbonyl (C=O) groups is 1. The third-order valence-electron chi connectivity index (χ3n) is 2.27. The summed E-state index contributed by atoms with van der Waals surface area (Å²) in [5, 5.41) is 3.79. The quantitative estimate of drug-likeness (QED) is 0.718. The summed E-state index contributed by atoms with van der Waals surface area (Å²) >= 11 is 0. The van der Waals surface area contributed by atoms with Gasteiger partial charge in [-0.1, -0.05) is 25.9 Å². The molecule has 0 amide bonds. The molecular formula is C11H18N2O3. The van der Waals surface area contributed by atoms with Gasteiger partial charge in [0, 0.05) is 6.42 Å². The topological polar surface area (TPSA) is 65.2 Å². The fourth-order valence-electron chi connectivity index (χ4n) is 1.43. The summed E-state index contributed by atoms with van der Waals surface area (Å²) in [5.74, 6) is 0.274. The lowest BCUT2D eigenvalue weighted by Gasteiger charge is -2.14. The zero-order valence-electron chi connectivity index (χ0n) is 10.2. The molecule has 0 spiro atoms. The van der Waals surface area contributed by atoms with E-state index in [0.29, 0.717) is 24.7 Å². The SMILES string of the molecule is CCOC(=O)C(c1nc(CC)no1)C(C)C. The van der Waals surface area contributed by atoms with Gasteiger partial charge >= 0.3 is 5.97 Å². The van der Waals surface area contributed by atoms with E-state index in [4.69, 9.17) is 9.26 Å². The highest BCUT2D eigenvalue weighted by atomic mass is 16.5. The molecule has 1 unspecified atom stereocenters. The van der Waals surface area contributed by atoms with Crippen molar-refractivity contribution >= 4 is 5.97 Å². The van der Waals surface area contributed by atoms with Gasteiger partial charge in [0.15, 0.2) is 5.82 Å². The summed E-state index contributed by atoms with van der Waals surface area (Å²) in [6.45, 7) is 7.93. The molecular weight excluding hydrogens is 208 g/mol. The van der Waals surface area contributed by atoms with E-state index in [-0.39, 0.29) is 11.9 Å². The van der Waals surface area contributed by atoms with Crippen molar-refractivity contribution in [2.45, 2.75) is 40.0 Å². The summed E-state index contributed by atoms with van der Waals surface area (Å²) in [7, 11) is 0. The lowest BCUT2D eigenvalue weighted by molar-refractivity contribution is -0.146. The lowest BCUT2D eigenvalue weighted by atomic mass is 9.96. The Morgan fingerprint density at radius 3 is 2.56 bits per heavy atom. The van der Waals surface area contributed by atoms with Crippen LogP contribution in [0.4, 0.5) is 0 Å².